The summed E-state index contributed by atoms with van der Waals surface area (Å²) in [7, 11) is 2.11. The topological polar surface area (TPSA) is 219 Å². The zero-order chi connectivity index (χ0) is 60.1. The van der Waals surface area contributed by atoms with Crippen LogP contribution >= 0.6 is 0 Å². The second-order valence-corrected chi connectivity index (χ2v) is 22.5. The van der Waals surface area contributed by atoms with Gasteiger partial charge in [0.2, 0.25) is 17.8 Å². The minimum atomic E-state index is -0.251. The van der Waals surface area contributed by atoms with E-state index in [1.807, 2.05) is 0 Å². The van der Waals surface area contributed by atoms with Crippen molar-refractivity contribution in [3.63, 3.8) is 0 Å². The van der Waals surface area contributed by atoms with Crippen LogP contribution in [-0.2, 0) is 47.7 Å². The molecule has 0 amide bonds. The van der Waals surface area contributed by atoms with Crippen molar-refractivity contribution >= 4 is 47.7 Å². The van der Waals surface area contributed by atoms with E-state index in [4.69, 9.17) is 28.7 Å². The molecule has 1 aromatic heterocycles. The third kappa shape index (κ3) is 44.7. The Balaban J connectivity index is 2.10. The number of unbranched alkanes of at least 4 members (excludes halogenated alkanes) is 20. The molecule has 0 unspecified atom stereocenters. The van der Waals surface area contributed by atoms with Gasteiger partial charge < -0.3 is 59.2 Å². The second-order valence-electron chi connectivity index (χ2n) is 22.5. The number of hydrogen-bond donors (Lipinski definition) is 3. The van der Waals surface area contributed by atoms with Crippen LogP contribution in [0.15, 0.2) is 0 Å². The zero-order valence-corrected chi connectivity index (χ0v) is 53.1. The van der Waals surface area contributed by atoms with Gasteiger partial charge in [0.15, 0.2) is 0 Å². The first kappa shape index (κ1) is 74.7. The van der Waals surface area contributed by atoms with Crippen molar-refractivity contribution in [2.45, 2.75) is 227 Å². The van der Waals surface area contributed by atoms with Crippen molar-refractivity contribution in [3.05, 3.63) is 0 Å². The van der Waals surface area contributed by atoms with Gasteiger partial charge in [-0.25, -0.2) is 0 Å². The van der Waals surface area contributed by atoms with Crippen molar-refractivity contribution in [2.24, 2.45) is 0 Å². The average molecular weight is 1180 g/mol. The summed E-state index contributed by atoms with van der Waals surface area (Å²) in [6.45, 7) is 19.5. The minimum absolute atomic E-state index is 0.142. The van der Waals surface area contributed by atoms with Crippen molar-refractivity contribution in [1.82, 2.24) is 34.6 Å². The molecule has 20 nitrogen and oxygen atoms in total. The highest BCUT2D eigenvalue weighted by Gasteiger charge is 2.18. The number of likely N-dealkylation sites (N-methyl/N-ethyl adjacent to an activating group) is 1. The van der Waals surface area contributed by atoms with E-state index in [1.165, 1.54) is 77.0 Å². The standard InChI is InChI=1S/C63H118N10O10/c1-6-10-14-18-22-26-51-79-56(74)32-42-71(43-33-57(75)80-52-27-23-19-15-11-7-2)40-30-37-64-61-67-62(69-63(68-61)66-39-55-83-60(78)36-46-73-49-47-70(5)48-50-73)65-38-31-41-72(44-34-58(76)81-53-28-24-20-16-12-8-3)45-35-59(77)82-54-29-25-21-17-13-9-4/h6-55H2,1-5H3,(H3,64,65,66,67,68,69). The number of hydrogen-bond acceptors (Lipinski definition) is 20. The van der Waals surface area contributed by atoms with Crippen molar-refractivity contribution in [1.29, 1.82) is 0 Å². The number of nitrogens with one attached hydrogen (secondary N) is 3. The van der Waals surface area contributed by atoms with E-state index in [9.17, 15) is 24.0 Å². The lowest BCUT2D eigenvalue weighted by atomic mass is 10.1. The second kappa shape index (κ2) is 53.1. The Morgan fingerprint density at radius 3 is 0.988 bits per heavy atom. The Bertz CT molecular complexity index is 1610. The lowest BCUT2D eigenvalue weighted by Gasteiger charge is -2.31. The van der Waals surface area contributed by atoms with Crippen LogP contribution in [0.2, 0.25) is 0 Å². The minimum Gasteiger partial charge on any atom is -0.466 e. The van der Waals surface area contributed by atoms with Crippen molar-refractivity contribution in [3.8, 4) is 0 Å². The molecule has 1 fully saturated rings. The summed E-state index contributed by atoms with van der Waals surface area (Å²) in [5.41, 5.74) is 0. The maximum atomic E-state index is 12.8. The van der Waals surface area contributed by atoms with Crippen LogP contribution in [0.4, 0.5) is 17.8 Å². The molecular weight excluding hydrogens is 1060 g/mol. The first-order valence-electron chi connectivity index (χ1n) is 33.2. The first-order chi connectivity index (χ1) is 40.5. The van der Waals surface area contributed by atoms with Gasteiger partial charge in [-0.05, 0) is 58.7 Å². The molecule has 1 aliphatic heterocycles. The van der Waals surface area contributed by atoms with E-state index < -0.39 is 0 Å². The number of anilines is 3. The van der Waals surface area contributed by atoms with E-state index in [0.717, 1.165) is 103 Å². The van der Waals surface area contributed by atoms with Gasteiger partial charge in [-0.2, -0.15) is 15.0 Å². The fourth-order valence-electron chi connectivity index (χ4n) is 9.57. The van der Waals surface area contributed by atoms with Crippen LogP contribution in [-0.4, -0.2) is 196 Å². The summed E-state index contributed by atoms with van der Waals surface area (Å²) >= 11 is 0. The number of ether oxygens (including phenoxy) is 5. The van der Waals surface area contributed by atoms with Gasteiger partial charge in [0.25, 0.3) is 0 Å². The lowest BCUT2D eigenvalue weighted by molar-refractivity contribution is -0.146. The van der Waals surface area contributed by atoms with Crippen molar-refractivity contribution < 1.29 is 47.7 Å². The maximum absolute atomic E-state index is 12.8. The zero-order valence-electron chi connectivity index (χ0n) is 53.1. The van der Waals surface area contributed by atoms with E-state index in [0.29, 0.717) is 129 Å². The quantitative estimate of drug-likeness (QED) is 0.0314. The number of carbonyl (C=O) groups excluding carboxylic acids is 5. The Hall–Kier alpha value is -4.40. The van der Waals surface area contributed by atoms with E-state index in [2.05, 4.69) is 80.3 Å². The van der Waals surface area contributed by atoms with Crippen LogP contribution in [0.25, 0.3) is 0 Å². The molecule has 0 bridgehead atoms. The highest BCUT2D eigenvalue weighted by atomic mass is 16.5. The van der Waals surface area contributed by atoms with Gasteiger partial charge in [0.05, 0.1) is 65.1 Å². The molecule has 0 atom stereocenters. The van der Waals surface area contributed by atoms with Gasteiger partial charge in [-0.3, -0.25) is 24.0 Å². The first-order valence-corrected chi connectivity index (χ1v) is 33.2. The molecule has 2 rings (SSSR count). The van der Waals surface area contributed by atoms with Crippen LogP contribution in [0, 0.1) is 0 Å². The van der Waals surface area contributed by atoms with Gasteiger partial charge in [-0.15, -0.1) is 0 Å². The summed E-state index contributed by atoms with van der Waals surface area (Å²) in [5.74, 6) is -0.187. The molecule has 0 saturated carbocycles. The normalized spacial score (nSPS) is 12.9. The number of piperazine rings is 1. The summed E-state index contributed by atoms with van der Waals surface area (Å²) in [6.07, 6.45) is 29.4. The molecule has 1 aromatic rings. The molecule has 0 aliphatic carbocycles. The Kier molecular flexibility index (Phi) is 47.8. The monoisotopic (exact) mass is 1170 g/mol. The third-order valence-electron chi connectivity index (χ3n) is 15.0. The average Bonchev–Trinajstić information content (AvgIpc) is 3.50. The highest BCUT2D eigenvalue weighted by Crippen LogP contribution is 2.13. The summed E-state index contributed by atoms with van der Waals surface area (Å²) in [5, 5.41) is 9.92. The molecule has 1 saturated heterocycles. The number of carbonyl (C=O) groups is 5. The van der Waals surface area contributed by atoms with Gasteiger partial charge in [0.1, 0.15) is 6.61 Å². The molecule has 2 heterocycles. The van der Waals surface area contributed by atoms with E-state index in [-0.39, 0.29) is 62.1 Å². The predicted octanol–water partition coefficient (Wildman–Crippen LogP) is 10.8. The summed E-state index contributed by atoms with van der Waals surface area (Å²) < 4.78 is 27.9. The molecule has 3 N–H and O–H groups in total. The molecule has 0 aromatic carbocycles. The molecule has 0 radical (unpaired) electrons. The molecule has 83 heavy (non-hydrogen) atoms. The predicted molar refractivity (Wildman–Crippen MR) is 333 cm³/mol. The molecule has 20 heteroatoms. The molecule has 1 aliphatic rings. The largest absolute Gasteiger partial charge is 0.466 e. The van der Waals surface area contributed by atoms with E-state index >= 15 is 0 Å². The molecule has 0 spiro atoms. The van der Waals surface area contributed by atoms with Crippen molar-refractivity contribution in [2.75, 3.05) is 148 Å². The fourth-order valence-corrected chi connectivity index (χ4v) is 9.57. The number of esters is 5. The lowest BCUT2D eigenvalue weighted by Crippen LogP contribution is -2.45. The van der Waals surface area contributed by atoms with Gasteiger partial charge in [0, 0.05) is 72.0 Å². The van der Waals surface area contributed by atoms with Gasteiger partial charge >= 0.3 is 29.8 Å². The fraction of sp³-hybridized carbons (Fsp3) is 0.873. The number of aromatic nitrogens is 3. The Morgan fingerprint density at radius 1 is 0.361 bits per heavy atom. The van der Waals surface area contributed by atoms with Crippen LogP contribution in [0.3, 0.4) is 0 Å². The smallest absolute Gasteiger partial charge is 0.307 e. The highest BCUT2D eigenvalue weighted by molar-refractivity contribution is 5.71. The maximum Gasteiger partial charge on any atom is 0.307 e. The van der Waals surface area contributed by atoms with Crippen LogP contribution < -0.4 is 16.0 Å². The van der Waals surface area contributed by atoms with Gasteiger partial charge in [-0.1, -0.05) is 156 Å². The summed E-state index contributed by atoms with van der Waals surface area (Å²) in [4.78, 5) is 86.8. The number of rotatable bonds is 57. The SMILES string of the molecule is CCCCCCCCOC(=O)CCN(CCCNc1nc(NCCCN(CCC(=O)OCCCCCCCC)CCC(=O)OCCCCCCCC)nc(NCCOC(=O)CCN2CCN(C)CC2)n1)CCC(=O)OCCCCCCCC. The van der Waals surface area contributed by atoms with Crippen LogP contribution in [0.1, 0.15) is 227 Å². The Labute approximate surface area is 502 Å². The summed E-state index contributed by atoms with van der Waals surface area (Å²) in [6, 6.07) is 0. The molecule has 480 valence electrons. The third-order valence-corrected chi connectivity index (χ3v) is 15.0. The van der Waals surface area contributed by atoms with Crippen LogP contribution in [0.5, 0.6) is 0 Å². The Morgan fingerprint density at radius 2 is 0.651 bits per heavy atom. The number of nitrogens with zero attached hydrogens (tertiary/aromatic N) is 7. The molecular formula is C63H118N10O10. The van der Waals surface area contributed by atoms with E-state index in [1.54, 1.807) is 0 Å².